The summed E-state index contributed by atoms with van der Waals surface area (Å²) in [4.78, 5) is 4.73. The lowest BCUT2D eigenvalue weighted by molar-refractivity contribution is 0.354. The van der Waals surface area contributed by atoms with Gasteiger partial charge >= 0.3 is 0 Å². The molecule has 19 heavy (non-hydrogen) atoms. The number of nitrogens with zero attached hydrogens (tertiary/aromatic N) is 2. The summed E-state index contributed by atoms with van der Waals surface area (Å²) in [5.74, 6) is 2.72. The van der Waals surface area contributed by atoms with Crippen LogP contribution in [0.2, 0.25) is 0 Å². The summed E-state index contributed by atoms with van der Waals surface area (Å²) in [6.45, 7) is 6.90. The van der Waals surface area contributed by atoms with Gasteiger partial charge < -0.3 is 9.88 Å². The van der Waals surface area contributed by atoms with Crippen molar-refractivity contribution >= 4 is 5.95 Å². The van der Waals surface area contributed by atoms with Crippen LogP contribution in [0.1, 0.15) is 64.1 Å². The molecule has 0 bridgehead atoms. The van der Waals surface area contributed by atoms with E-state index in [0.29, 0.717) is 12.1 Å². The molecule has 1 N–H and O–H groups in total. The van der Waals surface area contributed by atoms with Gasteiger partial charge in [-0.25, -0.2) is 4.98 Å². The molecule has 3 atom stereocenters. The van der Waals surface area contributed by atoms with Crippen LogP contribution in [0.4, 0.5) is 5.95 Å². The molecule has 0 amide bonds. The first-order valence-electron chi connectivity index (χ1n) is 7.97. The topological polar surface area (TPSA) is 29.9 Å². The quantitative estimate of drug-likeness (QED) is 0.885. The molecule has 0 spiro atoms. The van der Waals surface area contributed by atoms with Crippen LogP contribution in [-0.2, 0) is 0 Å². The lowest BCUT2D eigenvalue weighted by Gasteiger charge is -2.23. The summed E-state index contributed by atoms with van der Waals surface area (Å²) in [5.41, 5.74) is 1.15. The van der Waals surface area contributed by atoms with Gasteiger partial charge in [0.05, 0.1) is 5.69 Å². The second-order valence-corrected chi connectivity index (χ2v) is 6.72. The number of nitrogens with one attached hydrogen (secondary N) is 1. The minimum atomic E-state index is 0.639. The Labute approximate surface area is 116 Å². The maximum absolute atomic E-state index is 4.73. The Kier molecular flexibility index (Phi) is 3.55. The van der Waals surface area contributed by atoms with E-state index < -0.39 is 0 Å². The molecule has 0 saturated heterocycles. The monoisotopic (exact) mass is 261 g/mol. The number of hydrogen-bond donors (Lipinski definition) is 1. The average molecular weight is 261 g/mol. The van der Waals surface area contributed by atoms with Crippen LogP contribution in [0.15, 0.2) is 6.20 Å². The highest BCUT2D eigenvalue weighted by Crippen LogP contribution is 2.41. The van der Waals surface area contributed by atoms with Crippen molar-refractivity contribution in [2.24, 2.45) is 11.8 Å². The Bertz CT molecular complexity index is 431. The Morgan fingerprint density at radius 1 is 1.16 bits per heavy atom. The number of imidazole rings is 1. The maximum atomic E-state index is 4.73. The number of rotatable bonds is 3. The summed E-state index contributed by atoms with van der Waals surface area (Å²) in [6, 6.07) is 1.29. The maximum Gasteiger partial charge on any atom is 0.203 e. The smallest absolute Gasteiger partial charge is 0.203 e. The van der Waals surface area contributed by atoms with Crippen molar-refractivity contribution in [3.8, 4) is 0 Å². The van der Waals surface area contributed by atoms with E-state index in [0.717, 1.165) is 23.5 Å². The van der Waals surface area contributed by atoms with Gasteiger partial charge in [-0.05, 0) is 44.4 Å². The van der Waals surface area contributed by atoms with Crippen molar-refractivity contribution in [2.75, 3.05) is 5.32 Å². The zero-order valence-corrected chi connectivity index (χ0v) is 12.5. The van der Waals surface area contributed by atoms with E-state index in [4.69, 9.17) is 4.98 Å². The molecule has 2 aliphatic rings. The molecule has 3 unspecified atom stereocenters. The molecule has 0 aromatic carbocycles. The van der Waals surface area contributed by atoms with Gasteiger partial charge in [0, 0.05) is 18.3 Å². The Hall–Kier alpha value is -0.990. The van der Waals surface area contributed by atoms with Crippen molar-refractivity contribution in [1.29, 1.82) is 0 Å². The summed E-state index contributed by atoms with van der Waals surface area (Å²) >= 11 is 0. The van der Waals surface area contributed by atoms with Crippen LogP contribution in [0.25, 0.3) is 0 Å². The van der Waals surface area contributed by atoms with Gasteiger partial charge in [-0.3, -0.25) is 0 Å². The van der Waals surface area contributed by atoms with E-state index >= 15 is 0 Å². The van der Waals surface area contributed by atoms with Crippen LogP contribution >= 0.6 is 0 Å². The molecule has 2 aliphatic carbocycles. The summed E-state index contributed by atoms with van der Waals surface area (Å²) in [7, 11) is 0. The van der Waals surface area contributed by atoms with E-state index in [1.165, 1.54) is 38.5 Å². The summed E-state index contributed by atoms with van der Waals surface area (Å²) < 4.78 is 2.43. The molecule has 0 aliphatic heterocycles. The summed E-state index contributed by atoms with van der Waals surface area (Å²) in [6.07, 6.45) is 10.3. The van der Waals surface area contributed by atoms with Crippen LogP contribution in [0, 0.1) is 18.8 Å². The van der Waals surface area contributed by atoms with Crippen LogP contribution in [0.3, 0.4) is 0 Å². The Morgan fingerprint density at radius 3 is 2.53 bits per heavy atom. The van der Waals surface area contributed by atoms with Gasteiger partial charge in [-0.2, -0.15) is 0 Å². The van der Waals surface area contributed by atoms with Crippen LogP contribution in [-0.4, -0.2) is 15.6 Å². The second kappa shape index (κ2) is 5.18. The van der Waals surface area contributed by atoms with Gasteiger partial charge in [0.25, 0.3) is 0 Å². The molecule has 1 aromatic heterocycles. The third-order valence-electron chi connectivity index (χ3n) is 5.32. The van der Waals surface area contributed by atoms with Gasteiger partial charge in [0.2, 0.25) is 5.95 Å². The normalized spacial score (nSPS) is 32.1. The molecule has 1 aromatic rings. The molecule has 3 rings (SSSR count). The fraction of sp³-hybridized carbons (Fsp3) is 0.812. The van der Waals surface area contributed by atoms with E-state index in [9.17, 15) is 0 Å². The van der Waals surface area contributed by atoms with Crippen LogP contribution in [0.5, 0.6) is 0 Å². The molecule has 3 heteroatoms. The Morgan fingerprint density at radius 2 is 1.89 bits per heavy atom. The minimum absolute atomic E-state index is 0.639. The first-order chi connectivity index (χ1) is 9.15. The van der Waals surface area contributed by atoms with Crippen molar-refractivity contribution < 1.29 is 0 Å². The highest BCUT2D eigenvalue weighted by atomic mass is 15.2. The molecular formula is C16H27N3. The first kappa shape index (κ1) is 13.0. The standard InChI is InChI=1S/C16H27N3/c1-11-8-9-15(13(11)3)19-10-12(2)17-16(19)18-14-6-4-5-7-14/h10-11,13-15H,4-9H2,1-3H3,(H,17,18). The third-order valence-corrected chi connectivity index (χ3v) is 5.32. The fourth-order valence-corrected chi connectivity index (χ4v) is 3.86. The Balaban J connectivity index is 1.80. The summed E-state index contributed by atoms with van der Waals surface area (Å²) in [5, 5.41) is 3.69. The fourth-order valence-electron chi connectivity index (χ4n) is 3.86. The number of hydrogen-bond acceptors (Lipinski definition) is 2. The van der Waals surface area contributed by atoms with Gasteiger partial charge in [-0.1, -0.05) is 26.7 Å². The van der Waals surface area contributed by atoms with E-state index in [1.807, 2.05) is 0 Å². The largest absolute Gasteiger partial charge is 0.353 e. The molecule has 2 fully saturated rings. The van der Waals surface area contributed by atoms with E-state index in [2.05, 4.69) is 36.9 Å². The first-order valence-corrected chi connectivity index (χ1v) is 7.97. The molecule has 3 nitrogen and oxygen atoms in total. The predicted molar refractivity (Wildman–Crippen MR) is 79.4 cm³/mol. The average Bonchev–Trinajstić information content (AvgIpc) is 3.06. The van der Waals surface area contributed by atoms with Gasteiger partial charge in [0.15, 0.2) is 0 Å². The third kappa shape index (κ3) is 2.52. The van der Waals surface area contributed by atoms with E-state index in [1.54, 1.807) is 0 Å². The number of aryl methyl sites for hydroxylation is 1. The van der Waals surface area contributed by atoms with Gasteiger partial charge in [-0.15, -0.1) is 0 Å². The van der Waals surface area contributed by atoms with Crippen molar-refractivity contribution in [2.45, 2.75) is 71.4 Å². The zero-order valence-electron chi connectivity index (χ0n) is 12.5. The SMILES string of the molecule is Cc1cn(C2CCC(C)C2C)c(NC2CCCC2)n1. The minimum Gasteiger partial charge on any atom is -0.353 e. The molecule has 1 heterocycles. The predicted octanol–water partition coefficient (Wildman–Crippen LogP) is 4.15. The van der Waals surface area contributed by atoms with Gasteiger partial charge in [0.1, 0.15) is 0 Å². The van der Waals surface area contributed by atoms with Crippen molar-refractivity contribution in [3.63, 3.8) is 0 Å². The highest BCUT2D eigenvalue weighted by Gasteiger charge is 2.32. The number of aromatic nitrogens is 2. The highest BCUT2D eigenvalue weighted by molar-refractivity contribution is 5.31. The molecule has 2 saturated carbocycles. The second-order valence-electron chi connectivity index (χ2n) is 6.72. The lowest BCUT2D eigenvalue weighted by Crippen LogP contribution is -2.21. The number of anilines is 1. The molecule has 0 radical (unpaired) electrons. The van der Waals surface area contributed by atoms with Crippen molar-refractivity contribution in [1.82, 2.24) is 9.55 Å². The molecule has 106 valence electrons. The van der Waals surface area contributed by atoms with E-state index in [-0.39, 0.29) is 0 Å². The zero-order chi connectivity index (χ0) is 13.4. The van der Waals surface area contributed by atoms with Crippen molar-refractivity contribution in [3.05, 3.63) is 11.9 Å². The lowest BCUT2D eigenvalue weighted by atomic mass is 9.98. The molecular weight excluding hydrogens is 234 g/mol. The van der Waals surface area contributed by atoms with Crippen LogP contribution < -0.4 is 5.32 Å².